The van der Waals surface area contributed by atoms with E-state index in [0.29, 0.717) is 11.3 Å². The van der Waals surface area contributed by atoms with Crippen LogP contribution in [0.25, 0.3) is 0 Å². The fourth-order valence-electron chi connectivity index (χ4n) is 1.56. The van der Waals surface area contributed by atoms with Crippen molar-refractivity contribution in [3.8, 4) is 0 Å². The Morgan fingerprint density at radius 3 is 2.42 bits per heavy atom. The Balaban J connectivity index is 2.14. The number of nitrogens with one attached hydrogen (secondary N) is 1. The van der Waals surface area contributed by atoms with Gasteiger partial charge in [-0.2, -0.15) is 0 Å². The molecule has 0 aliphatic rings. The molecule has 0 aliphatic heterocycles. The van der Waals surface area contributed by atoms with Crippen molar-refractivity contribution in [1.29, 1.82) is 0 Å². The quantitative estimate of drug-likeness (QED) is 0.839. The molecule has 0 spiro atoms. The van der Waals surface area contributed by atoms with Gasteiger partial charge < -0.3 is 11.1 Å². The van der Waals surface area contributed by atoms with Gasteiger partial charge in [0.05, 0.1) is 16.4 Å². The third-order valence-electron chi connectivity index (χ3n) is 2.56. The number of nitrogens with two attached hydrogens (primary N) is 1. The fraction of sp³-hybridized carbons (Fsp3) is 0.0769. The predicted octanol–water partition coefficient (Wildman–Crippen LogP) is 3.95. The predicted molar refractivity (Wildman–Crippen MR) is 69.5 cm³/mol. The van der Waals surface area contributed by atoms with Gasteiger partial charge in [0, 0.05) is 12.6 Å². The number of hydrogen-bond donors (Lipinski definition) is 2. The molecule has 0 unspecified atom stereocenters. The molecule has 0 aliphatic carbocycles. The van der Waals surface area contributed by atoms with Crippen LogP contribution in [-0.2, 0) is 6.54 Å². The second kappa shape index (κ2) is 5.40. The highest BCUT2D eigenvalue weighted by Crippen LogP contribution is 2.26. The first-order valence-corrected chi connectivity index (χ1v) is 5.77. The first kappa shape index (κ1) is 13.5. The van der Waals surface area contributed by atoms with E-state index in [9.17, 15) is 13.2 Å². The molecule has 19 heavy (non-hydrogen) atoms. The van der Waals surface area contributed by atoms with Crippen LogP contribution in [0.2, 0.25) is 5.02 Å². The highest BCUT2D eigenvalue weighted by molar-refractivity contribution is 6.31. The lowest BCUT2D eigenvalue weighted by Crippen LogP contribution is -2.04. The van der Waals surface area contributed by atoms with Crippen LogP contribution in [0.3, 0.4) is 0 Å². The zero-order valence-electron chi connectivity index (χ0n) is 9.68. The Hall–Kier alpha value is -1.88. The zero-order valence-corrected chi connectivity index (χ0v) is 10.4. The Morgan fingerprint density at radius 1 is 1.00 bits per heavy atom. The van der Waals surface area contributed by atoms with Crippen molar-refractivity contribution in [2.75, 3.05) is 11.1 Å². The summed E-state index contributed by atoms with van der Waals surface area (Å²) in [5.41, 5.74) is 6.75. The maximum atomic E-state index is 13.1. The van der Waals surface area contributed by atoms with E-state index in [4.69, 9.17) is 17.3 Å². The monoisotopic (exact) mass is 286 g/mol. The molecule has 0 saturated heterocycles. The summed E-state index contributed by atoms with van der Waals surface area (Å²) in [6.45, 7) is 0.212. The summed E-state index contributed by atoms with van der Waals surface area (Å²) in [6, 6.07) is 5.98. The normalized spacial score (nSPS) is 10.5. The highest BCUT2D eigenvalue weighted by atomic mass is 35.5. The van der Waals surface area contributed by atoms with Gasteiger partial charge in [0.2, 0.25) is 0 Å². The Morgan fingerprint density at radius 2 is 1.74 bits per heavy atom. The summed E-state index contributed by atoms with van der Waals surface area (Å²) >= 11 is 5.63. The van der Waals surface area contributed by atoms with Crippen LogP contribution < -0.4 is 11.1 Å². The van der Waals surface area contributed by atoms with Crippen LogP contribution >= 0.6 is 11.6 Å². The minimum atomic E-state index is -0.926. The van der Waals surface area contributed by atoms with E-state index in [-0.39, 0.29) is 17.3 Å². The van der Waals surface area contributed by atoms with Crippen molar-refractivity contribution in [2.24, 2.45) is 0 Å². The number of benzene rings is 2. The van der Waals surface area contributed by atoms with Gasteiger partial charge in [0.25, 0.3) is 0 Å². The minimum absolute atomic E-state index is 0.0676. The fourth-order valence-corrected chi connectivity index (χ4v) is 1.73. The van der Waals surface area contributed by atoms with Crippen molar-refractivity contribution >= 4 is 23.0 Å². The molecule has 2 rings (SSSR count). The molecule has 100 valence electrons. The molecule has 2 aromatic rings. The van der Waals surface area contributed by atoms with Crippen molar-refractivity contribution < 1.29 is 13.2 Å². The van der Waals surface area contributed by atoms with Crippen molar-refractivity contribution in [3.05, 3.63) is 58.4 Å². The van der Waals surface area contributed by atoms with Crippen LogP contribution in [0, 0.1) is 17.5 Å². The van der Waals surface area contributed by atoms with E-state index in [1.807, 2.05) is 0 Å². The van der Waals surface area contributed by atoms with Gasteiger partial charge in [-0.3, -0.25) is 0 Å². The van der Waals surface area contributed by atoms with Crippen molar-refractivity contribution in [2.45, 2.75) is 6.54 Å². The topological polar surface area (TPSA) is 38.0 Å². The van der Waals surface area contributed by atoms with E-state index in [1.54, 1.807) is 0 Å². The van der Waals surface area contributed by atoms with Crippen LogP contribution in [0.5, 0.6) is 0 Å². The third kappa shape index (κ3) is 3.12. The standard InChI is InChI=1S/C13H10ClF3N2/c14-8-4-13(12(18)5-10(8)16)19-6-7-1-2-9(15)11(17)3-7/h1-5,19H,6,18H2. The lowest BCUT2D eigenvalue weighted by Gasteiger charge is -2.10. The molecule has 2 aromatic carbocycles. The first-order chi connectivity index (χ1) is 8.97. The van der Waals surface area contributed by atoms with Crippen LogP contribution in [0.15, 0.2) is 30.3 Å². The summed E-state index contributed by atoms with van der Waals surface area (Å²) in [6.07, 6.45) is 0. The molecule has 2 nitrogen and oxygen atoms in total. The van der Waals surface area contributed by atoms with Crippen LogP contribution in [0.4, 0.5) is 24.5 Å². The van der Waals surface area contributed by atoms with Crippen LogP contribution in [0.1, 0.15) is 5.56 Å². The molecule has 6 heteroatoms. The van der Waals surface area contributed by atoms with E-state index in [0.717, 1.165) is 18.2 Å². The molecule has 0 fully saturated rings. The van der Waals surface area contributed by atoms with E-state index >= 15 is 0 Å². The summed E-state index contributed by atoms with van der Waals surface area (Å²) in [5.74, 6) is -2.45. The third-order valence-corrected chi connectivity index (χ3v) is 2.85. The first-order valence-electron chi connectivity index (χ1n) is 5.39. The average Bonchev–Trinajstić information content (AvgIpc) is 2.36. The zero-order chi connectivity index (χ0) is 14.0. The van der Waals surface area contributed by atoms with E-state index < -0.39 is 17.5 Å². The van der Waals surface area contributed by atoms with Crippen molar-refractivity contribution in [1.82, 2.24) is 0 Å². The Kier molecular flexibility index (Phi) is 3.85. The van der Waals surface area contributed by atoms with Gasteiger partial charge in [-0.25, -0.2) is 13.2 Å². The molecule has 0 bridgehead atoms. The van der Waals surface area contributed by atoms with Gasteiger partial charge in [0.15, 0.2) is 11.6 Å². The number of rotatable bonds is 3. The van der Waals surface area contributed by atoms with Crippen molar-refractivity contribution in [3.63, 3.8) is 0 Å². The summed E-state index contributed by atoms with van der Waals surface area (Å²) < 4.78 is 38.8. The summed E-state index contributed by atoms with van der Waals surface area (Å²) in [5, 5.41) is 2.81. The van der Waals surface area contributed by atoms with Gasteiger partial charge in [0.1, 0.15) is 5.82 Å². The maximum absolute atomic E-state index is 13.1. The molecule has 0 aromatic heterocycles. The van der Waals surface area contributed by atoms with Gasteiger partial charge in [-0.1, -0.05) is 17.7 Å². The summed E-state index contributed by atoms with van der Waals surface area (Å²) in [7, 11) is 0. The Labute approximate surface area is 113 Å². The second-order valence-corrected chi connectivity index (χ2v) is 4.36. The molecule has 0 radical (unpaired) electrons. The number of nitrogen functional groups attached to an aromatic ring is 1. The van der Waals surface area contributed by atoms with Gasteiger partial charge in [-0.05, 0) is 23.8 Å². The number of hydrogen-bond acceptors (Lipinski definition) is 2. The van der Waals surface area contributed by atoms with Gasteiger partial charge >= 0.3 is 0 Å². The minimum Gasteiger partial charge on any atom is -0.397 e. The van der Waals surface area contributed by atoms with Gasteiger partial charge in [-0.15, -0.1) is 0 Å². The molecule has 0 heterocycles. The lowest BCUT2D eigenvalue weighted by atomic mass is 10.2. The molecule has 0 atom stereocenters. The second-order valence-electron chi connectivity index (χ2n) is 3.96. The van der Waals surface area contributed by atoms with E-state index in [1.165, 1.54) is 12.1 Å². The Bertz CT molecular complexity index is 617. The van der Waals surface area contributed by atoms with Crippen LogP contribution in [-0.4, -0.2) is 0 Å². The molecule has 0 saturated carbocycles. The average molecular weight is 287 g/mol. The number of anilines is 2. The molecule has 3 N–H and O–H groups in total. The molecule has 0 amide bonds. The smallest absolute Gasteiger partial charge is 0.159 e. The lowest BCUT2D eigenvalue weighted by molar-refractivity contribution is 0.507. The maximum Gasteiger partial charge on any atom is 0.159 e. The molecular weight excluding hydrogens is 277 g/mol. The summed E-state index contributed by atoms with van der Waals surface area (Å²) in [4.78, 5) is 0. The highest BCUT2D eigenvalue weighted by Gasteiger charge is 2.07. The molecular formula is C13H10ClF3N2. The SMILES string of the molecule is Nc1cc(F)c(Cl)cc1NCc1ccc(F)c(F)c1. The number of halogens is 4. The van der Waals surface area contributed by atoms with E-state index in [2.05, 4.69) is 5.32 Å². The largest absolute Gasteiger partial charge is 0.397 e.